The fourth-order valence-corrected chi connectivity index (χ4v) is 3.16. The van der Waals surface area contributed by atoms with Gasteiger partial charge >= 0.3 is 6.03 Å². The highest BCUT2D eigenvalue weighted by molar-refractivity contribution is 9.10. The van der Waals surface area contributed by atoms with Crippen LogP contribution in [0.1, 0.15) is 11.5 Å². The molecule has 0 unspecified atom stereocenters. The van der Waals surface area contributed by atoms with Crippen molar-refractivity contribution in [1.82, 2.24) is 10.2 Å². The van der Waals surface area contributed by atoms with Crippen LogP contribution >= 0.6 is 15.9 Å². The number of carbonyl (C=O) groups is 3. The molecule has 0 saturated carbocycles. The van der Waals surface area contributed by atoms with Gasteiger partial charge in [0.2, 0.25) is 0 Å². The van der Waals surface area contributed by atoms with Gasteiger partial charge in [0.15, 0.2) is 0 Å². The van der Waals surface area contributed by atoms with E-state index in [4.69, 9.17) is 8.83 Å². The van der Waals surface area contributed by atoms with Crippen LogP contribution in [0, 0.1) is 0 Å². The Bertz CT molecular complexity index is 1100. The normalized spacial score (nSPS) is 16.0. The maximum atomic E-state index is 12.7. The van der Waals surface area contributed by atoms with E-state index in [0.717, 1.165) is 14.9 Å². The Morgan fingerprint density at radius 3 is 2.68 bits per heavy atom. The number of hydrogen-bond acceptors (Lipinski definition) is 5. The Kier molecular flexibility index (Phi) is 4.70. The van der Waals surface area contributed by atoms with Crippen molar-refractivity contribution in [2.45, 2.75) is 6.54 Å². The minimum absolute atomic E-state index is 0.0796. The number of barbiturate groups is 1. The van der Waals surface area contributed by atoms with Crippen LogP contribution in [-0.2, 0) is 16.1 Å². The number of halogens is 1. The number of urea groups is 1. The Hall–Kier alpha value is -3.39. The van der Waals surface area contributed by atoms with Gasteiger partial charge in [-0.2, -0.15) is 0 Å². The molecule has 3 heterocycles. The molecule has 3 aromatic rings. The molecule has 1 aliphatic heterocycles. The van der Waals surface area contributed by atoms with Crippen molar-refractivity contribution >= 4 is 39.9 Å². The van der Waals surface area contributed by atoms with Gasteiger partial charge in [-0.05, 0) is 42.5 Å². The molecule has 4 amide bonds. The molecule has 1 fully saturated rings. The lowest BCUT2D eigenvalue weighted by Crippen LogP contribution is -2.53. The SMILES string of the molecule is O=C1NC(=O)N(Cc2ccco2)C(=O)/C1=C/c1ccc(-c2cccc(Br)c2)o1. The van der Waals surface area contributed by atoms with Gasteiger partial charge in [-0.15, -0.1) is 0 Å². The van der Waals surface area contributed by atoms with E-state index in [0.29, 0.717) is 17.3 Å². The van der Waals surface area contributed by atoms with E-state index in [1.165, 1.54) is 12.3 Å². The maximum absolute atomic E-state index is 12.7. The number of nitrogens with zero attached hydrogens (tertiary/aromatic N) is 1. The Morgan fingerprint density at radius 1 is 1.07 bits per heavy atom. The quantitative estimate of drug-likeness (QED) is 0.489. The van der Waals surface area contributed by atoms with Gasteiger partial charge < -0.3 is 8.83 Å². The summed E-state index contributed by atoms with van der Waals surface area (Å²) in [7, 11) is 0. The molecule has 0 atom stereocenters. The molecule has 2 aromatic heterocycles. The van der Waals surface area contributed by atoms with Crippen molar-refractivity contribution in [1.29, 1.82) is 0 Å². The molecule has 4 rings (SSSR count). The monoisotopic (exact) mass is 440 g/mol. The number of imide groups is 2. The van der Waals surface area contributed by atoms with Crippen molar-refractivity contribution in [3.63, 3.8) is 0 Å². The largest absolute Gasteiger partial charge is 0.467 e. The molecule has 1 aliphatic rings. The molecule has 0 spiro atoms. The molecule has 8 heteroatoms. The molecular formula is C20H13BrN2O5. The Labute approximate surface area is 167 Å². The summed E-state index contributed by atoms with van der Waals surface area (Å²) in [5, 5.41) is 2.16. The van der Waals surface area contributed by atoms with E-state index in [2.05, 4.69) is 21.2 Å². The van der Waals surface area contributed by atoms with Crippen molar-refractivity contribution in [2.24, 2.45) is 0 Å². The predicted octanol–water partition coefficient (Wildman–Crippen LogP) is 3.96. The fourth-order valence-electron chi connectivity index (χ4n) is 2.77. The number of hydrogen-bond donors (Lipinski definition) is 1. The number of nitrogens with one attached hydrogen (secondary N) is 1. The van der Waals surface area contributed by atoms with E-state index in [9.17, 15) is 14.4 Å². The molecule has 7 nitrogen and oxygen atoms in total. The predicted molar refractivity (Wildman–Crippen MR) is 103 cm³/mol. The Morgan fingerprint density at radius 2 is 1.93 bits per heavy atom. The van der Waals surface area contributed by atoms with Crippen LogP contribution < -0.4 is 5.32 Å². The minimum Gasteiger partial charge on any atom is -0.467 e. The van der Waals surface area contributed by atoms with Crippen molar-refractivity contribution in [3.05, 3.63) is 76.4 Å². The molecule has 28 heavy (non-hydrogen) atoms. The van der Waals surface area contributed by atoms with Crippen molar-refractivity contribution in [3.8, 4) is 11.3 Å². The highest BCUT2D eigenvalue weighted by atomic mass is 79.9. The molecule has 0 bridgehead atoms. The van der Waals surface area contributed by atoms with E-state index in [-0.39, 0.29) is 12.1 Å². The standard InChI is InChI=1S/C20H13BrN2O5/c21-13-4-1-3-12(9-13)17-7-6-14(28-17)10-16-18(24)22-20(26)23(19(16)25)11-15-5-2-8-27-15/h1-10H,11H2,(H,22,24,26)/b16-10+. The second-order valence-corrected chi connectivity index (χ2v) is 6.92. The van der Waals surface area contributed by atoms with E-state index < -0.39 is 17.8 Å². The van der Waals surface area contributed by atoms with Gasteiger partial charge in [0.05, 0.1) is 12.8 Å². The highest BCUT2D eigenvalue weighted by Crippen LogP contribution is 2.26. The number of rotatable bonds is 4. The average molecular weight is 441 g/mol. The minimum atomic E-state index is -0.794. The molecular weight excluding hydrogens is 428 g/mol. The summed E-state index contributed by atoms with van der Waals surface area (Å²) in [5.74, 6) is -0.162. The van der Waals surface area contributed by atoms with E-state index in [1.807, 2.05) is 24.3 Å². The molecule has 0 aliphatic carbocycles. The summed E-state index contributed by atoms with van der Waals surface area (Å²) in [6.07, 6.45) is 2.76. The molecule has 140 valence electrons. The summed E-state index contributed by atoms with van der Waals surface area (Å²) in [6.45, 7) is -0.0796. The van der Waals surface area contributed by atoms with Crippen molar-refractivity contribution < 1.29 is 23.2 Å². The molecule has 1 saturated heterocycles. The molecule has 1 N–H and O–H groups in total. The molecule has 1 aromatic carbocycles. The molecule has 0 radical (unpaired) electrons. The topological polar surface area (TPSA) is 92.8 Å². The summed E-state index contributed by atoms with van der Waals surface area (Å²) < 4.78 is 11.8. The lowest BCUT2D eigenvalue weighted by molar-refractivity contribution is -0.130. The van der Waals surface area contributed by atoms with E-state index in [1.54, 1.807) is 24.3 Å². The third-order valence-corrected chi connectivity index (χ3v) is 4.60. The van der Waals surface area contributed by atoms with Crippen LogP contribution in [0.15, 0.2) is 73.7 Å². The lowest BCUT2D eigenvalue weighted by atomic mass is 10.1. The number of carbonyl (C=O) groups excluding carboxylic acids is 3. The zero-order valence-electron chi connectivity index (χ0n) is 14.3. The number of benzene rings is 1. The van der Waals surface area contributed by atoms with Gasteiger partial charge in [0.25, 0.3) is 11.8 Å². The van der Waals surface area contributed by atoms with Gasteiger partial charge in [-0.25, -0.2) is 4.79 Å². The first-order chi connectivity index (χ1) is 13.5. The summed E-state index contributed by atoms with van der Waals surface area (Å²) >= 11 is 3.40. The van der Waals surface area contributed by atoms with Crippen molar-refractivity contribution in [2.75, 3.05) is 0 Å². The zero-order chi connectivity index (χ0) is 19.7. The summed E-state index contributed by atoms with van der Waals surface area (Å²) in [5.41, 5.74) is 0.648. The number of amides is 4. The van der Waals surface area contributed by atoms with Crippen LogP contribution in [-0.4, -0.2) is 22.7 Å². The van der Waals surface area contributed by atoms with Gasteiger partial charge in [-0.1, -0.05) is 28.1 Å². The second-order valence-electron chi connectivity index (χ2n) is 6.00. The van der Waals surface area contributed by atoms with Crippen LogP contribution in [0.25, 0.3) is 17.4 Å². The maximum Gasteiger partial charge on any atom is 0.331 e. The first-order valence-corrected chi connectivity index (χ1v) is 9.07. The van der Waals surface area contributed by atoms with Crippen LogP contribution in [0.2, 0.25) is 0 Å². The average Bonchev–Trinajstić information content (AvgIpc) is 3.34. The van der Waals surface area contributed by atoms with Gasteiger partial charge in [0, 0.05) is 10.0 Å². The fraction of sp³-hybridized carbons (Fsp3) is 0.0500. The zero-order valence-corrected chi connectivity index (χ0v) is 15.9. The van der Waals surface area contributed by atoms with Gasteiger partial charge in [0.1, 0.15) is 22.9 Å². The van der Waals surface area contributed by atoms with Gasteiger partial charge in [-0.3, -0.25) is 19.8 Å². The lowest BCUT2D eigenvalue weighted by Gasteiger charge is -2.25. The third kappa shape index (κ3) is 3.54. The number of furan rings is 2. The smallest absolute Gasteiger partial charge is 0.331 e. The highest BCUT2D eigenvalue weighted by Gasteiger charge is 2.36. The summed E-state index contributed by atoms with van der Waals surface area (Å²) in [4.78, 5) is 37.8. The van der Waals surface area contributed by atoms with Crippen LogP contribution in [0.3, 0.4) is 0 Å². The first-order valence-electron chi connectivity index (χ1n) is 8.28. The first kappa shape index (κ1) is 18.0. The van der Waals surface area contributed by atoms with Crippen LogP contribution in [0.5, 0.6) is 0 Å². The third-order valence-electron chi connectivity index (χ3n) is 4.10. The van der Waals surface area contributed by atoms with E-state index >= 15 is 0 Å². The summed E-state index contributed by atoms with van der Waals surface area (Å²) in [6, 6.07) is 13.4. The Balaban J connectivity index is 1.62. The second kappa shape index (κ2) is 7.32. The van der Waals surface area contributed by atoms with Crippen LogP contribution in [0.4, 0.5) is 4.79 Å².